The van der Waals surface area contributed by atoms with Crippen molar-refractivity contribution in [2.24, 2.45) is 17.4 Å². The Hall–Kier alpha value is -1.88. The molecule has 1 heterocycles. The molecule has 31 heavy (non-hydrogen) atoms. The summed E-state index contributed by atoms with van der Waals surface area (Å²) < 4.78 is 6.35. The van der Waals surface area contributed by atoms with Crippen molar-refractivity contribution in [3.05, 3.63) is 54.1 Å². The van der Waals surface area contributed by atoms with E-state index in [1.54, 1.807) is 0 Å². The molecule has 1 unspecified atom stereocenters. The Kier molecular flexibility index (Phi) is 9.38. The summed E-state index contributed by atoms with van der Waals surface area (Å²) in [6.45, 7) is 8.19. The average Bonchev–Trinajstić information content (AvgIpc) is 2.80. The predicted molar refractivity (Wildman–Crippen MR) is 132 cm³/mol. The summed E-state index contributed by atoms with van der Waals surface area (Å²) in [6.07, 6.45) is 9.15. The van der Waals surface area contributed by atoms with Gasteiger partial charge in [0.25, 0.3) is 0 Å². The van der Waals surface area contributed by atoms with Crippen LogP contribution in [0.4, 0.5) is 0 Å². The quantitative estimate of drug-likeness (QED) is 0.389. The third kappa shape index (κ3) is 6.80. The van der Waals surface area contributed by atoms with Gasteiger partial charge in [-0.25, -0.2) is 0 Å². The normalized spacial score (nSPS) is 17.4. The van der Waals surface area contributed by atoms with Gasteiger partial charge in [-0.05, 0) is 88.5 Å². The summed E-state index contributed by atoms with van der Waals surface area (Å²) in [4.78, 5) is 2.56. The van der Waals surface area contributed by atoms with Crippen molar-refractivity contribution in [1.82, 2.24) is 4.90 Å². The van der Waals surface area contributed by atoms with E-state index in [0.717, 1.165) is 62.9 Å². The van der Waals surface area contributed by atoms with E-state index in [-0.39, 0.29) is 6.04 Å². The molecule has 4 N–H and O–H groups in total. The standard InChI is InChI=1S/C27H41N3O/c1-21(2)30-18-15-23(16-19-30)27(29)24(11-5-3-4-8-17-28)20-31-26-14-9-12-22-10-6-7-13-25(22)26/h6-7,9-14,21,23,27H,3-5,8,15-20,28-29H2,1-2H3. The average molecular weight is 424 g/mol. The van der Waals surface area contributed by atoms with E-state index in [4.69, 9.17) is 16.2 Å². The van der Waals surface area contributed by atoms with Crippen molar-refractivity contribution in [1.29, 1.82) is 0 Å². The summed E-state index contributed by atoms with van der Waals surface area (Å²) in [6, 6.07) is 15.3. The molecule has 0 radical (unpaired) electrons. The van der Waals surface area contributed by atoms with Crippen LogP contribution in [0.5, 0.6) is 5.75 Å². The van der Waals surface area contributed by atoms with Crippen molar-refractivity contribution >= 4 is 10.8 Å². The maximum atomic E-state index is 6.85. The van der Waals surface area contributed by atoms with Crippen LogP contribution >= 0.6 is 0 Å². The number of nitrogens with zero attached hydrogens (tertiary/aromatic N) is 1. The minimum Gasteiger partial charge on any atom is -0.489 e. The van der Waals surface area contributed by atoms with E-state index in [9.17, 15) is 0 Å². The molecule has 1 aliphatic rings. The highest BCUT2D eigenvalue weighted by molar-refractivity contribution is 5.88. The second-order valence-electron chi connectivity index (χ2n) is 9.18. The second kappa shape index (κ2) is 12.2. The van der Waals surface area contributed by atoms with Gasteiger partial charge in [-0.2, -0.15) is 0 Å². The van der Waals surface area contributed by atoms with Crippen LogP contribution in [0.1, 0.15) is 52.4 Å². The molecule has 3 rings (SSSR count). The van der Waals surface area contributed by atoms with Gasteiger partial charge in [-0.3, -0.25) is 0 Å². The number of allylic oxidation sites excluding steroid dienone is 1. The number of unbranched alkanes of at least 4 members (excludes halogenated alkanes) is 3. The Bertz CT molecular complexity index is 819. The molecule has 0 saturated carbocycles. The lowest BCUT2D eigenvalue weighted by Crippen LogP contribution is -2.44. The molecule has 1 fully saturated rings. The molecule has 4 heteroatoms. The first-order valence-electron chi connectivity index (χ1n) is 12.1. The van der Waals surface area contributed by atoms with Gasteiger partial charge < -0.3 is 21.1 Å². The maximum absolute atomic E-state index is 6.85. The number of piperidine rings is 1. The SMILES string of the molecule is CC(C)N1CCC(C(N)C(=CCCCCCN)COc2cccc3ccccc23)CC1. The van der Waals surface area contributed by atoms with Crippen LogP contribution in [0.3, 0.4) is 0 Å². The monoisotopic (exact) mass is 423 g/mol. The van der Waals surface area contributed by atoms with E-state index in [1.807, 2.05) is 0 Å². The Morgan fingerprint density at radius 1 is 1.06 bits per heavy atom. The van der Waals surface area contributed by atoms with Crippen LogP contribution in [-0.2, 0) is 0 Å². The number of likely N-dealkylation sites (tertiary alicyclic amines) is 1. The first-order chi connectivity index (χ1) is 15.1. The maximum Gasteiger partial charge on any atom is 0.127 e. The number of benzene rings is 2. The molecule has 1 atom stereocenters. The number of hydrogen-bond acceptors (Lipinski definition) is 4. The number of fused-ring (bicyclic) bond motifs is 1. The predicted octanol–water partition coefficient (Wildman–Crippen LogP) is 5.11. The number of rotatable bonds is 11. The minimum atomic E-state index is 0.0683. The Labute approximate surface area is 188 Å². The number of ether oxygens (including phenoxy) is 1. The summed E-state index contributed by atoms with van der Waals surface area (Å²) in [7, 11) is 0. The Balaban J connectivity index is 1.67. The third-order valence-corrected chi connectivity index (χ3v) is 6.70. The fourth-order valence-corrected chi connectivity index (χ4v) is 4.62. The van der Waals surface area contributed by atoms with Gasteiger partial charge in [-0.15, -0.1) is 0 Å². The smallest absolute Gasteiger partial charge is 0.127 e. The molecule has 170 valence electrons. The summed E-state index contributed by atoms with van der Waals surface area (Å²) in [5, 5.41) is 2.36. The first kappa shape index (κ1) is 23.8. The van der Waals surface area contributed by atoms with Crippen LogP contribution in [-0.4, -0.2) is 43.2 Å². The molecule has 1 aliphatic heterocycles. The molecule has 2 aromatic rings. The van der Waals surface area contributed by atoms with Crippen molar-refractivity contribution in [3.63, 3.8) is 0 Å². The third-order valence-electron chi connectivity index (χ3n) is 6.70. The van der Waals surface area contributed by atoms with Gasteiger partial charge >= 0.3 is 0 Å². The van der Waals surface area contributed by atoms with Crippen LogP contribution in [0.25, 0.3) is 10.8 Å². The van der Waals surface area contributed by atoms with E-state index in [0.29, 0.717) is 18.6 Å². The highest BCUT2D eigenvalue weighted by atomic mass is 16.5. The van der Waals surface area contributed by atoms with Crippen LogP contribution < -0.4 is 16.2 Å². The fraction of sp³-hybridized carbons (Fsp3) is 0.556. The fourth-order valence-electron chi connectivity index (χ4n) is 4.62. The molecule has 0 aromatic heterocycles. The van der Waals surface area contributed by atoms with Gasteiger partial charge in [0.2, 0.25) is 0 Å². The number of nitrogens with two attached hydrogens (primary N) is 2. The van der Waals surface area contributed by atoms with Gasteiger partial charge in [-0.1, -0.05) is 48.9 Å². The molecule has 4 nitrogen and oxygen atoms in total. The topological polar surface area (TPSA) is 64.5 Å². The summed E-state index contributed by atoms with van der Waals surface area (Å²) in [5.74, 6) is 1.47. The summed E-state index contributed by atoms with van der Waals surface area (Å²) in [5.41, 5.74) is 13.7. The highest BCUT2D eigenvalue weighted by Crippen LogP contribution is 2.28. The van der Waals surface area contributed by atoms with Gasteiger partial charge in [0, 0.05) is 17.5 Å². The molecular formula is C27H41N3O. The molecule has 0 bridgehead atoms. The molecule has 1 saturated heterocycles. The minimum absolute atomic E-state index is 0.0683. The van der Waals surface area contributed by atoms with E-state index in [2.05, 4.69) is 67.3 Å². The molecule has 0 aliphatic carbocycles. The van der Waals surface area contributed by atoms with Crippen LogP contribution in [0.2, 0.25) is 0 Å². The highest BCUT2D eigenvalue weighted by Gasteiger charge is 2.27. The van der Waals surface area contributed by atoms with Crippen molar-refractivity contribution in [3.8, 4) is 5.75 Å². The summed E-state index contributed by atoms with van der Waals surface area (Å²) >= 11 is 0. The zero-order valence-corrected chi connectivity index (χ0v) is 19.4. The molecular weight excluding hydrogens is 382 g/mol. The van der Waals surface area contributed by atoms with Gasteiger partial charge in [0.05, 0.1) is 0 Å². The first-order valence-corrected chi connectivity index (χ1v) is 12.1. The van der Waals surface area contributed by atoms with Gasteiger partial charge in [0.1, 0.15) is 12.4 Å². The molecule has 0 amide bonds. The van der Waals surface area contributed by atoms with Crippen molar-refractivity contribution < 1.29 is 4.74 Å². The second-order valence-corrected chi connectivity index (χ2v) is 9.18. The van der Waals surface area contributed by atoms with E-state index < -0.39 is 0 Å². The van der Waals surface area contributed by atoms with Crippen LogP contribution in [0, 0.1) is 5.92 Å². The lowest BCUT2D eigenvalue weighted by Gasteiger charge is -2.37. The van der Waals surface area contributed by atoms with Gasteiger partial charge in [0.15, 0.2) is 0 Å². The Morgan fingerprint density at radius 2 is 1.81 bits per heavy atom. The van der Waals surface area contributed by atoms with Crippen LogP contribution in [0.15, 0.2) is 54.1 Å². The van der Waals surface area contributed by atoms with E-state index in [1.165, 1.54) is 17.4 Å². The number of hydrogen-bond donors (Lipinski definition) is 2. The zero-order valence-electron chi connectivity index (χ0n) is 19.4. The lowest BCUT2D eigenvalue weighted by molar-refractivity contribution is 0.141. The van der Waals surface area contributed by atoms with Crippen molar-refractivity contribution in [2.45, 2.75) is 64.5 Å². The van der Waals surface area contributed by atoms with E-state index >= 15 is 0 Å². The largest absolute Gasteiger partial charge is 0.489 e. The van der Waals surface area contributed by atoms with Crippen molar-refractivity contribution in [2.75, 3.05) is 26.2 Å². The lowest BCUT2D eigenvalue weighted by atomic mass is 9.85. The molecule has 2 aromatic carbocycles. The zero-order chi connectivity index (χ0) is 22.1. The Morgan fingerprint density at radius 3 is 2.55 bits per heavy atom. The molecule has 0 spiro atoms.